The van der Waals surface area contributed by atoms with Gasteiger partial charge >= 0.3 is 0 Å². The molecule has 0 aliphatic carbocycles. The van der Waals surface area contributed by atoms with Crippen molar-refractivity contribution >= 4 is 35.6 Å². The fourth-order valence-electron chi connectivity index (χ4n) is 6.22. The number of aryl methyl sites for hydroxylation is 1. The van der Waals surface area contributed by atoms with Crippen molar-refractivity contribution < 1.29 is 18.7 Å². The van der Waals surface area contributed by atoms with Gasteiger partial charge < -0.3 is 15.0 Å². The van der Waals surface area contributed by atoms with Gasteiger partial charge in [-0.15, -0.1) is 0 Å². The smallest absolute Gasteiger partial charge is 0.290 e. The third kappa shape index (κ3) is 8.54. The Morgan fingerprint density at radius 1 is 1.17 bits per heavy atom. The lowest BCUT2D eigenvalue weighted by molar-refractivity contribution is -0.118. The van der Waals surface area contributed by atoms with Crippen LogP contribution in [0.4, 0.5) is 21.7 Å². The van der Waals surface area contributed by atoms with E-state index in [9.17, 15) is 18.8 Å². The number of ether oxygens (including phenoxy) is 1. The quantitative estimate of drug-likeness (QED) is 0.199. The Morgan fingerprint density at radius 2 is 1.92 bits per heavy atom. The summed E-state index contributed by atoms with van der Waals surface area (Å²) in [6.07, 6.45) is 5.17. The Bertz CT molecular complexity index is 2010. The number of benzene rings is 1. The van der Waals surface area contributed by atoms with E-state index >= 15 is 0 Å². The number of hydrogen-bond donors (Lipinski definition) is 1. The van der Waals surface area contributed by atoms with Gasteiger partial charge in [0.2, 0.25) is 6.41 Å². The molecule has 12 nitrogen and oxygen atoms in total. The van der Waals surface area contributed by atoms with Crippen LogP contribution in [0.5, 0.6) is 0 Å². The van der Waals surface area contributed by atoms with Crippen molar-refractivity contribution in [2.24, 2.45) is 7.05 Å². The number of rotatable bonds is 11. The number of anilines is 3. The van der Waals surface area contributed by atoms with Crippen molar-refractivity contribution in [3.8, 4) is 11.3 Å². The molecule has 13 heteroatoms. The van der Waals surface area contributed by atoms with Crippen LogP contribution in [0, 0.1) is 12.7 Å². The number of nitrogens with one attached hydrogen (secondary N) is 1. The maximum absolute atomic E-state index is 13.5. The Kier molecular flexibility index (Phi) is 11.9. The molecule has 4 aromatic rings. The number of fused-ring (bicyclic) bond motifs is 1. The zero-order chi connectivity index (χ0) is 37.7. The second kappa shape index (κ2) is 16.1. The second-order valence-corrected chi connectivity index (χ2v) is 14.4. The number of Topliss-reactive ketones (excluding diaryl/α,β-unsaturated/α-hetero) is 1. The van der Waals surface area contributed by atoms with Gasteiger partial charge in [0.1, 0.15) is 23.1 Å². The predicted octanol–water partition coefficient (Wildman–Crippen LogP) is 5.58. The third-order valence-corrected chi connectivity index (χ3v) is 9.46. The summed E-state index contributed by atoms with van der Waals surface area (Å²) in [5.41, 5.74) is 5.33. The number of pyridine rings is 1. The molecule has 3 aromatic heterocycles. The number of ketones is 1. The SMILES string of the molecule is C=Cc1cc(C(C)(C)C)cc(F)c1C.CCCC(=O)Cc1c(-c2cc(Nc3cc4n(n3)CCN(C3COC3)C4)c(=O)n(C)n2)ccnc1N(C)C=O. The average molecular weight is 713 g/mol. The molecule has 276 valence electrons. The number of nitrogens with zero attached hydrogens (tertiary/aromatic N) is 7. The highest BCUT2D eigenvalue weighted by molar-refractivity contribution is 5.88. The lowest BCUT2D eigenvalue weighted by atomic mass is 9.85. The molecular formula is C39H49FN8O4. The van der Waals surface area contributed by atoms with Gasteiger partial charge in [0.05, 0.1) is 37.2 Å². The molecule has 0 spiro atoms. The first-order valence-corrected chi connectivity index (χ1v) is 17.6. The molecule has 0 saturated carbocycles. The summed E-state index contributed by atoms with van der Waals surface area (Å²) in [6.45, 7) is 17.6. The van der Waals surface area contributed by atoms with Crippen molar-refractivity contribution in [2.45, 2.75) is 78.4 Å². The van der Waals surface area contributed by atoms with Crippen molar-refractivity contribution in [1.82, 2.24) is 29.4 Å². The van der Waals surface area contributed by atoms with Crippen LogP contribution < -0.4 is 15.8 Å². The van der Waals surface area contributed by atoms with Crippen LogP contribution in [0.25, 0.3) is 17.3 Å². The Hall–Kier alpha value is -5.01. The van der Waals surface area contributed by atoms with E-state index in [1.165, 1.54) is 9.58 Å². The summed E-state index contributed by atoms with van der Waals surface area (Å²) in [5.74, 6) is 0.856. The van der Waals surface area contributed by atoms with Crippen molar-refractivity contribution in [3.63, 3.8) is 0 Å². The van der Waals surface area contributed by atoms with E-state index < -0.39 is 0 Å². The molecule has 1 amide bonds. The van der Waals surface area contributed by atoms with E-state index in [1.807, 2.05) is 23.7 Å². The highest BCUT2D eigenvalue weighted by Gasteiger charge is 2.30. The first kappa shape index (κ1) is 38.2. The molecule has 0 atom stereocenters. The van der Waals surface area contributed by atoms with Crippen LogP contribution in [-0.4, -0.2) is 74.5 Å². The Labute approximate surface area is 304 Å². The largest absolute Gasteiger partial charge is 0.378 e. The van der Waals surface area contributed by atoms with E-state index in [0.29, 0.717) is 58.6 Å². The number of carbonyl (C=O) groups is 2. The van der Waals surface area contributed by atoms with Gasteiger partial charge in [-0.2, -0.15) is 10.2 Å². The van der Waals surface area contributed by atoms with E-state index in [4.69, 9.17) is 4.74 Å². The van der Waals surface area contributed by atoms with Gasteiger partial charge in [0, 0.05) is 63.4 Å². The number of halogens is 1. The zero-order valence-corrected chi connectivity index (χ0v) is 31.2. The topological polar surface area (TPSA) is 127 Å². The van der Waals surface area contributed by atoms with Gasteiger partial charge in [0.15, 0.2) is 5.82 Å². The van der Waals surface area contributed by atoms with E-state index in [2.05, 4.69) is 52.7 Å². The molecule has 52 heavy (non-hydrogen) atoms. The number of amides is 1. The lowest BCUT2D eigenvalue weighted by Gasteiger charge is -2.39. The van der Waals surface area contributed by atoms with Crippen molar-refractivity contribution in [2.75, 3.05) is 37.0 Å². The summed E-state index contributed by atoms with van der Waals surface area (Å²) < 4.78 is 22.1. The van der Waals surface area contributed by atoms with Gasteiger partial charge in [-0.05, 0) is 53.6 Å². The van der Waals surface area contributed by atoms with Crippen LogP contribution in [0.15, 0.2) is 47.9 Å². The third-order valence-electron chi connectivity index (χ3n) is 9.46. The first-order chi connectivity index (χ1) is 24.7. The van der Waals surface area contributed by atoms with E-state index in [1.54, 1.807) is 51.5 Å². The molecule has 2 aliphatic heterocycles. The van der Waals surface area contributed by atoms with Crippen LogP contribution in [0.3, 0.4) is 0 Å². The van der Waals surface area contributed by atoms with Crippen LogP contribution in [-0.2, 0) is 46.3 Å². The Morgan fingerprint density at radius 3 is 2.56 bits per heavy atom. The van der Waals surface area contributed by atoms with Crippen LogP contribution in [0.1, 0.15) is 68.5 Å². The number of hydrogen-bond acceptors (Lipinski definition) is 9. The van der Waals surface area contributed by atoms with Crippen molar-refractivity contribution in [1.29, 1.82) is 0 Å². The molecule has 1 N–H and O–H groups in total. The number of carbonyl (C=O) groups excluding carboxylic acids is 2. The molecular weight excluding hydrogens is 663 g/mol. The summed E-state index contributed by atoms with van der Waals surface area (Å²) in [6, 6.07) is 9.44. The fraction of sp³-hybridized carbons (Fsp3) is 0.436. The van der Waals surface area contributed by atoms with Gasteiger partial charge in [0.25, 0.3) is 5.56 Å². The van der Waals surface area contributed by atoms with E-state index in [-0.39, 0.29) is 29.0 Å². The molecule has 1 aromatic carbocycles. The predicted molar refractivity (Wildman–Crippen MR) is 201 cm³/mol. The normalized spacial score (nSPS) is 14.5. The van der Waals surface area contributed by atoms with Gasteiger partial charge in [-0.3, -0.25) is 24.0 Å². The monoisotopic (exact) mass is 712 g/mol. The maximum atomic E-state index is 13.5. The summed E-state index contributed by atoms with van der Waals surface area (Å²) in [5, 5.41) is 12.3. The summed E-state index contributed by atoms with van der Waals surface area (Å²) >= 11 is 0. The molecule has 0 bridgehead atoms. The van der Waals surface area contributed by atoms with Crippen molar-refractivity contribution in [3.05, 3.63) is 87.2 Å². The Balaban J connectivity index is 0.000000314. The average Bonchev–Trinajstić information content (AvgIpc) is 3.48. The molecule has 1 fully saturated rings. The number of aromatic nitrogens is 5. The van der Waals surface area contributed by atoms with Crippen LogP contribution in [0.2, 0.25) is 0 Å². The minimum atomic E-state index is -0.309. The van der Waals surface area contributed by atoms with Gasteiger partial charge in [-0.25, -0.2) is 14.1 Å². The minimum Gasteiger partial charge on any atom is -0.378 e. The van der Waals surface area contributed by atoms with Gasteiger partial charge in [-0.1, -0.05) is 46.4 Å². The molecule has 2 aliphatic rings. The summed E-state index contributed by atoms with van der Waals surface area (Å²) in [7, 11) is 3.17. The molecule has 0 unspecified atom stereocenters. The minimum absolute atomic E-state index is 0.0215. The molecule has 5 heterocycles. The lowest BCUT2D eigenvalue weighted by Crippen LogP contribution is -2.51. The zero-order valence-electron chi connectivity index (χ0n) is 31.2. The summed E-state index contributed by atoms with van der Waals surface area (Å²) in [4.78, 5) is 45.3. The standard InChI is InChI=1S/C26H32N8O4.C13H17F/c1-4-5-19(36)11-21-20(6-7-27-25(21)31(2)16-35)22-12-23(26(37)32(3)29-22)28-24-10-17-13-33(18-14-38-15-18)8-9-34(17)30-24;1-6-10-7-11(13(3,4)5)8-12(14)9(10)2/h6-7,10,12,16,18H,4-5,8-9,11,13-15H2,1-3H3,(H,28,30);6-8H,1H2,2-5H3. The highest BCUT2D eigenvalue weighted by atomic mass is 19.1. The van der Waals surface area contributed by atoms with E-state index in [0.717, 1.165) is 56.1 Å². The maximum Gasteiger partial charge on any atom is 0.290 e. The molecule has 6 rings (SSSR count). The molecule has 0 radical (unpaired) electrons. The first-order valence-electron chi connectivity index (χ1n) is 17.6. The second-order valence-electron chi connectivity index (χ2n) is 14.4. The molecule has 1 saturated heterocycles. The fourth-order valence-corrected chi connectivity index (χ4v) is 6.22. The van der Waals surface area contributed by atoms with Crippen LogP contribution >= 0.6 is 0 Å². The highest BCUT2D eigenvalue weighted by Crippen LogP contribution is 2.31.